The van der Waals surface area contributed by atoms with Crippen LogP contribution in [0.3, 0.4) is 0 Å². The Labute approximate surface area is 151 Å². The van der Waals surface area contributed by atoms with Crippen LogP contribution >= 0.6 is 11.6 Å². The second-order valence-corrected chi connectivity index (χ2v) is 5.69. The second kappa shape index (κ2) is 8.89. The van der Waals surface area contributed by atoms with Gasteiger partial charge in [-0.2, -0.15) is 0 Å². The normalized spacial score (nSPS) is 11.3. The smallest absolute Gasteiger partial charge is 0.265 e. The van der Waals surface area contributed by atoms with Gasteiger partial charge in [0, 0.05) is 11.6 Å². The van der Waals surface area contributed by atoms with Crippen molar-refractivity contribution in [1.29, 1.82) is 0 Å². The average Bonchev–Trinajstić information content (AvgIpc) is 2.60. The van der Waals surface area contributed by atoms with Gasteiger partial charge in [0.1, 0.15) is 5.75 Å². The third kappa shape index (κ3) is 5.36. The van der Waals surface area contributed by atoms with Crippen LogP contribution in [0.4, 0.5) is 5.69 Å². The van der Waals surface area contributed by atoms with E-state index in [1.54, 1.807) is 61.5 Å². The molecule has 0 bridgehead atoms. The van der Waals surface area contributed by atoms with Crippen molar-refractivity contribution in [2.75, 3.05) is 11.9 Å². The maximum absolute atomic E-state index is 12.4. The summed E-state index contributed by atoms with van der Waals surface area (Å²) >= 11 is 5.90. The summed E-state index contributed by atoms with van der Waals surface area (Å²) in [5.41, 5.74) is 0.781. The van der Waals surface area contributed by atoms with Gasteiger partial charge in [-0.1, -0.05) is 35.9 Å². The lowest BCUT2D eigenvalue weighted by molar-refractivity contribution is -0.122. The van der Waals surface area contributed by atoms with Crippen molar-refractivity contribution in [2.24, 2.45) is 0 Å². The Morgan fingerprint density at radius 2 is 2.00 bits per heavy atom. The van der Waals surface area contributed by atoms with E-state index in [2.05, 4.69) is 17.2 Å². The Bertz CT molecular complexity index is 777. The monoisotopic (exact) mass is 358 g/mol. The van der Waals surface area contributed by atoms with Crippen molar-refractivity contribution in [3.05, 3.63) is 71.8 Å². The lowest BCUT2D eigenvalue weighted by Gasteiger charge is -2.16. The molecule has 0 heterocycles. The molecule has 0 aromatic heterocycles. The lowest BCUT2D eigenvalue weighted by atomic mass is 10.1. The minimum atomic E-state index is -0.761. The van der Waals surface area contributed by atoms with Gasteiger partial charge in [0.15, 0.2) is 6.10 Å². The van der Waals surface area contributed by atoms with Crippen LogP contribution in [0.2, 0.25) is 5.02 Å². The Morgan fingerprint density at radius 1 is 1.24 bits per heavy atom. The number of benzene rings is 2. The molecule has 0 saturated carbocycles. The molecule has 1 atom stereocenters. The summed E-state index contributed by atoms with van der Waals surface area (Å²) in [6.45, 7) is 5.52. The van der Waals surface area contributed by atoms with Gasteiger partial charge in [-0.15, -0.1) is 6.58 Å². The number of rotatable bonds is 7. The molecule has 0 spiro atoms. The summed E-state index contributed by atoms with van der Waals surface area (Å²) in [6.07, 6.45) is 0.822. The van der Waals surface area contributed by atoms with E-state index >= 15 is 0 Å². The zero-order valence-corrected chi connectivity index (χ0v) is 14.5. The molecule has 0 aliphatic carbocycles. The first-order chi connectivity index (χ1) is 12.0. The fourth-order valence-corrected chi connectivity index (χ4v) is 2.26. The highest BCUT2D eigenvalue weighted by Crippen LogP contribution is 2.20. The summed E-state index contributed by atoms with van der Waals surface area (Å²) in [4.78, 5) is 24.5. The molecule has 2 N–H and O–H groups in total. The molecule has 130 valence electrons. The fraction of sp³-hybridized carbons (Fsp3) is 0.158. The third-order valence-electron chi connectivity index (χ3n) is 3.31. The number of hydrogen-bond donors (Lipinski definition) is 2. The highest BCUT2D eigenvalue weighted by Gasteiger charge is 2.18. The minimum Gasteiger partial charge on any atom is -0.481 e. The number of hydrogen-bond acceptors (Lipinski definition) is 3. The summed E-state index contributed by atoms with van der Waals surface area (Å²) in [6, 6.07) is 13.6. The Kier molecular flexibility index (Phi) is 6.60. The second-order valence-electron chi connectivity index (χ2n) is 5.25. The number of amides is 2. The molecule has 0 aliphatic heterocycles. The first-order valence-corrected chi connectivity index (χ1v) is 8.10. The average molecular weight is 359 g/mol. The standard InChI is InChI=1S/C19H19ClN2O3/c1-3-11-21-19(24)16-9-4-5-10-17(16)22-18(23)13(2)25-15-8-6-7-14(20)12-15/h3-10,12-13H,1,11H2,2H3,(H,21,24)(H,22,23)/t13-/m0/s1. The number of ether oxygens (including phenoxy) is 1. The largest absolute Gasteiger partial charge is 0.481 e. The van der Waals surface area contributed by atoms with Crippen LogP contribution in [0, 0.1) is 0 Å². The predicted octanol–water partition coefficient (Wildman–Crippen LogP) is 3.66. The number of halogens is 1. The number of nitrogens with one attached hydrogen (secondary N) is 2. The highest BCUT2D eigenvalue weighted by molar-refractivity contribution is 6.30. The van der Waals surface area contributed by atoms with Gasteiger partial charge in [0.2, 0.25) is 0 Å². The van der Waals surface area contributed by atoms with E-state index in [0.717, 1.165) is 0 Å². The van der Waals surface area contributed by atoms with Gasteiger partial charge in [-0.25, -0.2) is 0 Å². The van der Waals surface area contributed by atoms with E-state index in [9.17, 15) is 9.59 Å². The van der Waals surface area contributed by atoms with Crippen molar-refractivity contribution in [3.8, 4) is 5.75 Å². The molecule has 2 rings (SSSR count). The number of anilines is 1. The molecule has 0 aliphatic rings. The van der Waals surface area contributed by atoms with E-state index < -0.39 is 6.10 Å². The van der Waals surface area contributed by atoms with Crippen LogP contribution in [0.5, 0.6) is 5.75 Å². The topological polar surface area (TPSA) is 67.4 Å². The molecular formula is C19H19ClN2O3. The van der Waals surface area contributed by atoms with Crippen molar-refractivity contribution in [2.45, 2.75) is 13.0 Å². The highest BCUT2D eigenvalue weighted by atomic mass is 35.5. The third-order valence-corrected chi connectivity index (χ3v) is 3.55. The van der Waals surface area contributed by atoms with E-state index in [-0.39, 0.29) is 11.8 Å². The zero-order chi connectivity index (χ0) is 18.2. The van der Waals surface area contributed by atoms with Crippen LogP contribution in [0.1, 0.15) is 17.3 Å². The van der Waals surface area contributed by atoms with Gasteiger partial charge in [0.25, 0.3) is 11.8 Å². The molecular weight excluding hydrogens is 340 g/mol. The van der Waals surface area contributed by atoms with Crippen LogP contribution in [0.25, 0.3) is 0 Å². The molecule has 0 saturated heterocycles. The van der Waals surface area contributed by atoms with Gasteiger partial charge in [-0.05, 0) is 37.3 Å². The summed E-state index contributed by atoms with van der Waals surface area (Å²) in [5.74, 6) is -0.171. The molecule has 25 heavy (non-hydrogen) atoms. The molecule has 2 amide bonds. The first kappa shape index (κ1) is 18.5. The van der Waals surface area contributed by atoms with Crippen LogP contribution in [-0.2, 0) is 4.79 Å². The molecule has 0 fully saturated rings. The lowest BCUT2D eigenvalue weighted by Crippen LogP contribution is -2.31. The zero-order valence-electron chi connectivity index (χ0n) is 13.8. The quantitative estimate of drug-likeness (QED) is 0.742. The van der Waals surface area contributed by atoms with Gasteiger partial charge < -0.3 is 15.4 Å². The Balaban J connectivity index is 2.07. The predicted molar refractivity (Wildman–Crippen MR) is 99.1 cm³/mol. The van der Waals surface area contributed by atoms with E-state index in [1.807, 2.05) is 0 Å². The van der Waals surface area contributed by atoms with E-state index in [4.69, 9.17) is 16.3 Å². The molecule has 0 unspecified atom stereocenters. The Morgan fingerprint density at radius 3 is 2.72 bits per heavy atom. The van der Waals surface area contributed by atoms with Crippen LogP contribution in [0.15, 0.2) is 61.2 Å². The van der Waals surface area contributed by atoms with Gasteiger partial charge >= 0.3 is 0 Å². The Hall–Kier alpha value is -2.79. The maximum atomic E-state index is 12.4. The molecule has 2 aromatic rings. The van der Waals surface area contributed by atoms with E-state index in [1.165, 1.54) is 0 Å². The maximum Gasteiger partial charge on any atom is 0.265 e. The molecule has 2 aromatic carbocycles. The number of carbonyl (C=O) groups excluding carboxylic acids is 2. The molecule has 5 nitrogen and oxygen atoms in total. The van der Waals surface area contributed by atoms with Crippen molar-refractivity contribution in [1.82, 2.24) is 5.32 Å². The van der Waals surface area contributed by atoms with Gasteiger partial charge in [-0.3, -0.25) is 9.59 Å². The van der Waals surface area contributed by atoms with Crippen molar-refractivity contribution >= 4 is 29.1 Å². The molecule has 6 heteroatoms. The van der Waals surface area contributed by atoms with Crippen molar-refractivity contribution in [3.63, 3.8) is 0 Å². The summed E-state index contributed by atoms with van der Waals surface area (Å²) < 4.78 is 5.58. The number of para-hydroxylation sites is 1. The number of carbonyl (C=O) groups is 2. The minimum absolute atomic E-state index is 0.292. The van der Waals surface area contributed by atoms with Crippen LogP contribution < -0.4 is 15.4 Å². The summed E-state index contributed by atoms with van der Waals surface area (Å²) in [5, 5.41) is 5.92. The fourth-order valence-electron chi connectivity index (χ4n) is 2.08. The SMILES string of the molecule is C=CCNC(=O)c1ccccc1NC(=O)[C@H](C)Oc1cccc(Cl)c1. The van der Waals surface area contributed by atoms with Crippen molar-refractivity contribution < 1.29 is 14.3 Å². The summed E-state index contributed by atoms with van der Waals surface area (Å²) in [7, 11) is 0. The molecule has 0 radical (unpaired) electrons. The van der Waals surface area contributed by atoms with E-state index in [0.29, 0.717) is 28.6 Å². The van der Waals surface area contributed by atoms with Crippen LogP contribution in [-0.4, -0.2) is 24.5 Å². The van der Waals surface area contributed by atoms with Gasteiger partial charge in [0.05, 0.1) is 11.3 Å². The first-order valence-electron chi connectivity index (χ1n) is 7.72.